The molecule has 1 saturated heterocycles. The Bertz CT molecular complexity index is 483. The van der Waals surface area contributed by atoms with Crippen molar-refractivity contribution >= 4 is 33.4 Å². The van der Waals surface area contributed by atoms with E-state index in [0.29, 0.717) is 23.0 Å². The van der Waals surface area contributed by atoms with Gasteiger partial charge in [-0.05, 0) is 40.4 Å². The standard InChI is InChI=1S/C13H20BrN3OS/c1-9(2)7-17-13(18)12(14)11(6-15-17)16-10-4-3-5-19-8-10/h6,9-10,16H,3-5,7-8H2,1-2H3. The summed E-state index contributed by atoms with van der Waals surface area (Å²) in [6, 6.07) is 0.442. The maximum atomic E-state index is 12.2. The minimum Gasteiger partial charge on any atom is -0.379 e. The monoisotopic (exact) mass is 345 g/mol. The van der Waals surface area contributed by atoms with Crippen molar-refractivity contribution < 1.29 is 0 Å². The third kappa shape index (κ3) is 3.99. The van der Waals surface area contributed by atoms with Gasteiger partial charge in [0.15, 0.2) is 0 Å². The Labute approximate surface area is 126 Å². The molecule has 1 atom stereocenters. The smallest absolute Gasteiger partial charge is 0.283 e. The first-order valence-electron chi connectivity index (χ1n) is 6.68. The van der Waals surface area contributed by atoms with Crippen molar-refractivity contribution in [1.82, 2.24) is 9.78 Å². The number of anilines is 1. The van der Waals surface area contributed by atoms with Gasteiger partial charge in [-0.3, -0.25) is 4.79 Å². The summed E-state index contributed by atoms with van der Waals surface area (Å²) in [4.78, 5) is 12.2. The van der Waals surface area contributed by atoms with Gasteiger partial charge in [-0.2, -0.15) is 16.9 Å². The third-order valence-corrected chi connectivity index (χ3v) is 5.02. The molecule has 19 heavy (non-hydrogen) atoms. The van der Waals surface area contributed by atoms with Crippen molar-refractivity contribution in [3.63, 3.8) is 0 Å². The molecule has 1 aliphatic heterocycles. The maximum Gasteiger partial charge on any atom is 0.283 e. The van der Waals surface area contributed by atoms with Gasteiger partial charge in [-0.25, -0.2) is 4.68 Å². The fourth-order valence-corrected chi connectivity index (χ4v) is 3.61. The van der Waals surface area contributed by atoms with E-state index in [1.165, 1.54) is 16.9 Å². The first-order valence-corrected chi connectivity index (χ1v) is 8.62. The molecule has 0 aromatic carbocycles. The molecule has 0 aliphatic carbocycles. The van der Waals surface area contributed by atoms with Crippen molar-refractivity contribution in [3.05, 3.63) is 21.0 Å². The topological polar surface area (TPSA) is 46.9 Å². The highest BCUT2D eigenvalue weighted by molar-refractivity contribution is 9.10. The molecule has 0 bridgehead atoms. The van der Waals surface area contributed by atoms with E-state index in [9.17, 15) is 4.79 Å². The van der Waals surface area contributed by atoms with E-state index in [1.807, 2.05) is 11.8 Å². The molecule has 1 unspecified atom stereocenters. The molecule has 0 radical (unpaired) electrons. The molecular weight excluding hydrogens is 326 g/mol. The van der Waals surface area contributed by atoms with Gasteiger partial charge in [-0.15, -0.1) is 0 Å². The van der Waals surface area contributed by atoms with Crippen LogP contribution in [0.25, 0.3) is 0 Å². The Morgan fingerprint density at radius 3 is 3.05 bits per heavy atom. The van der Waals surface area contributed by atoms with Gasteiger partial charge < -0.3 is 5.32 Å². The van der Waals surface area contributed by atoms with Gasteiger partial charge in [0.1, 0.15) is 4.47 Å². The van der Waals surface area contributed by atoms with Crippen LogP contribution in [-0.4, -0.2) is 27.3 Å². The van der Waals surface area contributed by atoms with Crippen LogP contribution in [0.2, 0.25) is 0 Å². The number of hydrogen-bond acceptors (Lipinski definition) is 4. The lowest BCUT2D eigenvalue weighted by molar-refractivity contribution is 0.462. The van der Waals surface area contributed by atoms with Crippen molar-refractivity contribution in [2.45, 2.75) is 39.3 Å². The molecule has 1 fully saturated rings. The molecule has 1 aromatic heterocycles. The van der Waals surface area contributed by atoms with E-state index in [-0.39, 0.29) is 5.56 Å². The molecule has 1 aliphatic rings. The van der Waals surface area contributed by atoms with Crippen LogP contribution in [0, 0.1) is 5.92 Å². The highest BCUT2D eigenvalue weighted by Crippen LogP contribution is 2.23. The predicted octanol–water partition coefficient (Wildman–Crippen LogP) is 2.97. The number of aromatic nitrogens is 2. The zero-order chi connectivity index (χ0) is 13.8. The van der Waals surface area contributed by atoms with Gasteiger partial charge >= 0.3 is 0 Å². The molecule has 2 rings (SSSR count). The molecule has 1 aromatic rings. The van der Waals surface area contributed by atoms with Crippen LogP contribution in [0.1, 0.15) is 26.7 Å². The number of nitrogens with one attached hydrogen (secondary N) is 1. The Balaban J connectivity index is 2.13. The lowest BCUT2D eigenvalue weighted by Gasteiger charge is -2.24. The average Bonchev–Trinajstić information content (AvgIpc) is 2.39. The second-order valence-corrected chi connectivity index (χ2v) is 7.25. The maximum absolute atomic E-state index is 12.2. The average molecular weight is 346 g/mol. The second kappa shape index (κ2) is 6.79. The fraction of sp³-hybridized carbons (Fsp3) is 0.692. The molecule has 106 valence electrons. The van der Waals surface area contributed by atoms with Crippen molar-refractivity contribution in [3.8, 4) is 0 Å². The second-order valence-electron chi connectivity index (χ2n) is 5.31. The molecule has 4 nitrogen and oxygen atoms in total. The van der Waals surface area contributed by atoms with Gasteiger partial charge in [0.05, 0.1) is 11.9 Å². The Morgan fingerprint density at radius 1 is 1.63 bits per heavy atom. The summed E-state index contributed by atoms with van der Waals surface area (Å²) in [5, 5.41) is 7.68. The summed E-state index contributed by atoms with van der Waals surface area (Å²) in [6.45, 7) is 4.80. The van der Waals surface area contributed by atoms with Crippen molar-refractivity contribution in [1.29, 1.82) is 0 Å². The normalized spacial score (nSPS) is 19.7. The van der Waals surface area contributed by atoms with Crippen molar-refractivity contribution in [2.24, 2.45) is 5.92 Å². The quantitative estimate of drug-likeness (QED) is 0.911. The van der Waals surface area contributed by atoms with Gasteiger partial charge in [0.2, 0.25) is 0 Å². The third-order valence-electron chi connectivity index (χ3n) is 3.04. The number of rotatable bonds is 4. The van der Waals surface area contributed by atoms with E-state index >= 15 is 0 Å². The zero-order valence-corrected chi connectivity index (χ0v) is 13.8. The van der Waals surface area contributed by atoms with E-state index in [0.717, 1.165) is 17.9 Å². The molecule has 0 spiro atoms. The molecular formula is C13H20BrN3OS. The SMILES string of the molecule is CC(C)Cn1ncc(NC2CCCSC2)c(Br)c1=O. The number of halogens is 1. The van der Waals surface area contributed by atoms with Crippen LogP contribution in [0.15, 0.2) is 15.5 Å². The van der Waals surface area contributed by atoms with E-state index in [1.54, 1.807) is 6.20 Å². The summed E-state index contributed by atoms with van der Waals surface area (Å²) in [7, 11) is 0. The van der Waals surface area contributed by atoms with Crippen LogP contribution < -0.4 is 10.9 Å². The van der Waals surface area contributed by atoms with Crippen LogP contribution in [0.4, 0.5) is 5.69 Å². The summed E-state index contributed by atoms with van der Waals surface area (Å²) < 4.78 is 2.12. The molecule has 6 heteroatoms. The summed E-state index contributed by atoms with van der Waals surface area (Å²) in [6.07, 6.45) is 4.15. The van der Waals surface area contributed by atoms with E-state index < -0.39 is 0 Å². The van der Waals surface area contributed by atoms with E-state index in [4.69, 9.17) is 0 Å². The van der Waals surface area contributed by atoms with Crippen LogP contribution >= 0.6 is 27.7 Å². The van der Waals surface area contributed by atoms with Crippen LogP contribution in [0.5, 0.6) is 0 Å². The molecule has 0 saturated carbocycles. The summed E-state index contributed by atoms with van der Waals surface area (Å²) in [5.41, 5.74) is 0.764. The molecule has 1 N–H and O–H groups in total. The highest BCUT2D eigenvalue weighted by atomic mass is 79.9. The highest BCUT2D eigenvalue weighted by Gasteiger charge is 2.16. The number of thioether (sulfide) groups is 1. The Morgan fingerprint density at radius 2 is 2.42 bits per heavy atom. The van der Waals surface area contributed by atoms with Crippen LogP contribution in [-0.2, 0) is 6.54 Å². The predicted molar refractivity (Wildman–Crippen MR) is 85.0 cm³/mol. The van der Waals surface area contributed by atoms with Gasteiger partial charge in [-0.1, -0.05) is 13.8 Å². The van der Waals surface area contributed by atoms with Crippen LogP contribution in [0.3, 0.4) is 0 Å². The minimum absolute atomic E-state index is 0.0536. The van der Waals surface area contributed by atoms with Gasteiger partial charge in [0.25, 0.3) is 5.56 Å². The minimum atomic E-state index is -0.0536. The summed E-state index contributed by atoms with van der Waals surface area (Å²) >= 11 is 5.37. The Hall–Kier alpha value is -0.490. The van der Waals surface area contributed by atoms with Gasteiger partial charge in [0, 0.05) is 18.3 Å². The number of nitrogens with zero attached hydrogens (tertiary/aromatic N) is 2. The molecule has 0 amide bonds. The largest absolute Gasteiger partial charge is 0.379 e. The lowest BCUT2D eigenvalue weighted by atomic mass is 10.2. The summed E-state index contributed by atoms with van der Waals surface area (Å²) in [5.74, 6) is 2.75. The Kier molecular flexibility index (Phi) is 5.33. The fourth-order valence-electron chi connectivity index (χ4n) is 2.12. The first kappa shape index (κ1) is 14.9. The van der Waals surface area contributed by atoms with E-state index in [2.05, 4.69) is 40.2 Å². The van der Waals surface area contributed by atoms with Crippen molar-refractivity contribution in [2.75, 3.05) is 16.8 Å². The number of hydrogen-bond donors (Lipinski definition) is 1. The first-order chi connectivity index (χ1) is 9.08. The lowest BCUT2D eigenvalue weighted by Crippen LogP contribution is -2.30. The molecule has 2 heterocycles. The zero-order valence-electron chi connectivity index (χ0n) is 11.4.